The molecule has 7 nitrogen and oxygen atoms in total. The molecule has 1 unspecified atom stereocenters. The van der Waals surface area contributed by atoms with Gasteiger partial charge >= 0.3 is 0 Å². The fraction of sp³-hybridized carbons (Fsp3) is 0.150. The number of imidazole rings is 1. The maximum atomic E-state index is 10.5. The number of aromatic hydroxyl groups is 1. The third-order valence-corrected chi connectivity index (χ3v) is 4.55. The van der Waals surface area contributed by atoms with Crippen LogP contribution < -0.4 is 21.6 Å². The summed E-state index contributed by atoms with van der Waals surface area (Å²) in [6, 6.07) is 15.6. The lowest BCUT2D eigenvalue weighted by atomic mass is 10.1. The molecule has 152 valence electrons. The zero-order valence-corrected chi connectivity index (χ0v) is 17.3. The van der Waals surface area contributed by atoms with Crippen LogP contribution >= 0.6 is 24.8 Å². The van der Waals surface area contributed by atoms with Gasteiger partial charge in [-0.3, -0.25) is 4.57 Å². The van der Waals surface area contributed by atoms with Gasteiger partial charge in [0.05, 0.1) is 17.6 Å². The second-order valence-corrected chi connectivity index (χ2v) is 6.35. The first kappa shape index (κ1) is 22.4. The van der Waals surface area contributed by atoms with Crippen LogP contribution in [0.1, 0.15) is 22.9 Å². The molecule has 0 fully saturated rings. The molecule has 1 aromatic heterocycles. The van der Waals surface area contributed by atoms with Crippen LogP contribution in [0.15, 0.2) is 58.7 Å². The summed E-state index contributed by atoms with van der Waals surface area (Å²) in [5.41, 5.74) is 8.43. The zero-order valence-electron chi connectivity index (χ0n) is 15.7. The van der Waals surface area contributed by atoms with Crippen LogP contribution in [0, 0.1) is 0 Å². The molecule has 4 N–H and O–H groups in total. The number of nitrogens with zero attached hydrogens (tertiary/aromatic N) is 4. The van der Waals surface area contributed by atoms with Crippen LogP contribution in [-0.4, -0.2) is 27.4 Å². The number of fused-ring (bicyclic) bond motifs is 1. The van der Waals surface area contributed by atoms with E-state index in [1.54, 1.807) is 17.8 Å². The van der Waals surface area contributed by atoms with Gasteiger partial charge in [-0.05, 0) is 29.0 Å². The number of hydrogen-bond donors (Lipinski definition) is 3. The van der Waals surface area contributed by atoms with Crippen molar-refractivity contribution in [2.75, 3.05) is 11.9 Å². The van der Waals surface area contributed by atoms with Crippen molar-refractivity contribution < 1.29 is 5.11 Å². The summed E-state index contributed by atoms with van der Waals surface area (Å²) >= 11 is 0. The van der Waals surface area contributed by atoms with Crippen molar-refractivity contribution in [3.63, 3.8) is 0 Å². The van der Waals surface area contributed by atoms with Crippen molar-refractivity contribution in [3.05, 3.63) is 75.9 Å². The maximum Gasteiger partial charge on any atom is 0.220 e. The summed E-state index contributed by atoms with van der Waals surface area (Å²) in [5, 5.41) is 23.5. The minimum atomic E-state index is -0.0997. The van der Waals surface area contributed by atoms with Gasteiger partial charge in [-0.2, -0.15) is 10.2 Å². The molecule has 1 aliphatic heterocycles. The summed E-state index contributed by atoms with van der Waals surface area (Å²) < 4.78 is 1.61. The average molecular weight is 433 g/mol. The number of benzene rings is 2. The molecule has 0 saturated heterocycles. The van der Waals surface area contributed by atoms with Gasteiger partial charge in [0.2, 0.25) is 11.8 Å². The van der Waals surface area contributed by atoms with E-state index >= 15 is 0 Å². The van der Waals surface area contributed by atoms with Gasteiger partial charge in [0, 0.05) is 19.2 Å². The fourth-order valence-corrected chi connectivity index (χ4v) is 3.03. The Labute approximate surface area is 180 Å². The summed E-state index contributed by atoms with van der Waals surface area (Å²) in [5.74, 6) is 0.635. The Bertz CT molecular complexity index is 1130. The Kier molecular flexibility index (Phi) is 7.39. The van der Waals surface area contributed by atoms with Crippen molar-refractivity contribution >= 4 is 43.1 Å². The molecule has 2 aromatic carbocycles. The minimum absolute atomic E-state index is 0. The quantitative estimate of drug-likeness (QED) is 0.572. The molecule has 0 saturated carbocycles. The predicted molar refractivity (Wildman–Crippen MR) is 120 cm³/mol. The minimum Gasteiger partial charge on any atom is -0.493 e. The van der Waals surface area contributed by atoms with Crippen molar-refractivity contribution in [2.45, 2.75) is 6.04 Å². The normalized spacial score (nSPS) is 13.1. The highest BCUT2D eigenvalue weighted by molar-refractivity contribution is 5.85. The van der Waals surface area contributed by atoms with Gasteiger partial charge in [-0.25, -0.2) is 4.98 Å². The highest BCUT2D eigenvalue weighted by atomic mass is 35.5. The summed E-state index contributed by atoms with van der Waals surface area (Å²) in [7, 11) is 1.76. The van der Waals surface area contributed by atoms with E-state index in [1.807, 2.05) is 54.6 Å². The molecule has 3 aromatic rings. The highest BCUT2D eigenvalue weighted by Gasteiger charge is 2.16. The first-order valence-corrected chi connectivity index (χ1v) is 8.66. The monoisotopic (exact) mass is 432 g/mol. The molecular formula is C20H22Cl2N6O. The number of aromatic nitrogens is 2. The molecule has 1 aliphatic rings. The number of hydrogen-bond acceptors (Lipinski definition) is 6. The Morgan fingerprint density at radius 2 is 1.93 bits per heavy atom. The number of rotatable bonds is 5. The maximum absolute atomic E-state index is 10.5. The van der Waals surface area contributed by atoms with Crippen LogP contribution in [0.3, 0.4) is 0 Å². The Morgan fingerprint density at radius 1 is 1.17 bits per heavy atom. The summed E-state index contributed by atoms with van der Waals surface area (Å²) in [4.78, 5) is 4.55. The van der Waals surface area contributed by atoms with Crippen molar-refractivity contribution in [1.82, 2.24) is 9.55 Å². The van der Waals surface area contributed by atoms with E-state index in [2.05, 4.69) is 20.5 Å². The lowest BCUT2D eigenvalue weighted by Gasteiger charge is -2.17. The number of nitrogens with two attached hydrogens (primary N) is 1. The second-order valence-electron chi connectivity index (χ2n) is 6.35. The van der Waals surface area contributed by atoms with Gasteiger partial charge in [-0.1, -0.05) is 36.4 Å². The zero-order chi connectivity index (χ0) is 18.8. The van der Waals surface area contributed by atoms with Crippen LogP contribution in [0.2, 0.25) is 0 Å². The van der Waals surface area contributed by atoms with Crippen molar-refractivity contribution in [3.8, 4) is 5.88 Å². The van der Waals surface area contributed by atoms with Crippen LogP contribution in [0.25, 0.3) is 6.08 Å². The highest BCUT2D eigenvalue weighted by Crippen LogP contribution is 2.24. The largest absolute Gasteiger partial charge is 0.493 e. The molecule has 0 bridgehead atoms. The summed E-state index contributed by atoms with van der Waals surface area (Å²) in [6.45, 7) is 0.407. The first-order valence-electron chi connectivity index (χ1n) is 8.66. The topological polar surface area (TPSA) is 101 Å². The van der Waals surface area contributed by atoms with E-state index < -0.39 is 0 Å². The number of nitrogens with one attached hydrogen (secondary N) is 1. The molecule has 9 heteroatoms. The fourth-order valence-electron chi connectivity index (χ4n) is 3.03. The molecule has 0 spiro atoms. The summed E-state index contributed by atoms with van der Waals surface area (Å²) in [6.07, 6.45) is 3.54. The molecule has 1 atom stereocenters. The van der Waals surface area contributed by atoms with Gasteiger partial charge in [0.1, 0.15) is 5.69 Å². The van der Waals surface area contributed by atoms with Gasteiger partial charge < -0.3 is 16.2 Å². The van der Waals surface area contributed by atoms with Crippen molar-refractivity contribution in [1.29, 1.82) is 0 Å². The first-order chi connectivity index (χ1) is 13.2. The van der Waals surface area contributed by atoms with E-state index in [0.29, 0.717) is 18.2 Å². The average Bonchev–Trinajstić information content (AvgIpc) is 3.27. The van der Waals surface area contributed by atoms with E-state index in [4.69, 9.17) is 5.73 Å². The van der Waals surface area contributed by atoms with E-state index in [9.17, 15) is 5.11 Å². The molecule has 2 heterocycles. The number of halogens is 2. The molecule has 29 heavy (non-hydrogen) atoms. The van der Waals surface area contributed by atoms with Crippen molar-refractivity contribution in [2.24, 2.45) is 23.0 Å². The third-order valence-electron chi connectivity index (χ3n) is 4.55. The standard InChI is InChI=1S/C20H20N6O.2ClH/c1-26-19(27)17(10-13-7-8-16-15(9-13)12-22-25-16)23-20(26)24-18(11-21)14-5-3-2-4-6-14;;/h2-10,12,18,27H,11,21H2,1H3,(H,23,24);2*1H. The van der Waals surface area contributed by atoms with E-state index in [0.717, 1.165) is 21.7 Å². The Hall–Kier alpha value is -2.87. The second kappa shape index (κ2) is 9.56. The molecule has 4 rings (SSSR count). The lowest BCUT2D eigenvalue weighted by Crippen LogP contribution is -2.22. The number of anilines is 1. The Balaban J connectivity index is 0.00000150. The smallest absolute Gasteiger partial charge is 0.220 e. The van der Waals surface area contributed by atoms with Gasteiger partial charge in [0.25, 0.3) is 0 Å². The van der Waals surface area contributed by atoms with E-state index in [1.165, 1.54) is 0 Å². The molecule has 0 radical (unpaired) electrons. The SMILES string of the molecule is Cl.Cl.Cn1c(NC(CN)c2ccccc2)nc(C=c2ccc3c(c2)C=NN=3)c1O. The van der Waals surface area contributed by atoms with E-state index in [-0.39, 0.29) is 36.7 Å². The molecular weight excluding hydrogens is 411 g/mol. The van der Waals surface area contributed by atoms with Crippen LogP contribution in [0.4, 0.5) is 5.95 Å². The Morgan fingerprint density at radius 3 is 2.66 bits per heavy atom. The molecule has 0 aliphatic carbocycles. The van der Waals surface area contributed by atoms with Crippen LogP contribution in [-0.2, 0) is 7.05 Å². The van der Waals surface area contributed by atoms with Gasteiger partial charge in [0.15, 0.2) is 0 Å². The third kappa shape index (κ3) is 4.59. The predicted octanol–water partition coefficient (Wildman–Crippen LogP) is 1.88. The lowest BCUT2D eigenvalue weighted by molar-refractivity contribution is 0.431. The van der Waals surface area contributed by atoms with Crippen LogP contribution in [0.5, 0.6) is 5.88 Å². The van der Waals surface area contributed by atoms with Gasteiger partial charge in [-0.15, -0.1) is 24.8 Å². The molecule has 0 amide bonds.